The first kappa shape index (κ1) is 43.1. The van der Waals surface area contributed by atoms with Crippen molar-refractivity contribution in [2.45, 2.75) is 127 Å². The van der Waals surface area contributed by atoms with E-state index < -0.39 is 12.0 Å². The summed E-state index contributed by atoms with van der Waals surface area (Å²) in [5, 5.41) is 19.9. The predicted octanol–water partition coefficient (Wildman–Crippen LogP) is -2.02. The van der Waals surface area contributed by atoms with E-state index in [2.05, 4.69) is 21.3 Å². The zero-order chi connectivity index (χ0) is 34.7. The van der Waals surface area contributed by atoms with Crippen molar-refractivity contribution in [2.75, 3.05) is 32.7 Å². The summed E-state index contributed by atoms with van der Waals surface area (Å²) in [4.78, 5) is 58.8. The number of carboxylic acids is 1. The van der Waals surface area contributed by atoms with Crippen LogP contribution in [0, 0.1) is 0 Å². The van der Waals surface area contributed by atoms with Crippen molar-refractivity contribution >= 4 is 29.6 Å². The van der Waals surface area contributed by atoms with Crippen LogP contribution in [0.15, 0.2) is 0 Å². The molecule has 17 N–H and O–H groups in total. The van der Waals surface area contributed by atoms with E-state index >= 15 is 0 Å². The smallest absolute Gasteiger partial charge is 0.304 e. The van der Waals surface area contributed by atoms with Crippen molar-refractivity contribution < 1.29 is 29.1 Å². The number of carboxylic acid groups (broad SMARTS) is 1. The largest absolute Gasteiger partial charge is 0.481 e. The molecule has 0 saturated heterocycles. The van der Waals surface area contributed by atoms with E-state index in [0.717, 1.165) is 6.42 Å². The molecule has 0 aromatic rings. The van der Waals surface area contributed by atoms with Crippen LogP contribution in [0.5, 0.6) is 0 Å². The lowest BCUT2D eigenvalue weighted by Gasteiger charge is -2.15. The number of amides is 4. The van der Waals surface area contributed by atoms with Crippen molar-refractivity contribution in [1.29, 1.82) is 0 Å². The highest BCUT2D eigenvalue weighted by Crippen LogP contribution is 2.04. The van der Waals surface area contributed by atoms with Gasteiger partial charge in [0.05, 0.1) is 6.42 Å². The Labute approximate surface area is 273 Å². The van der Waals surface area contributed by atoms with Crippen LogP contribution in [-0.4, -0.2) is 97.6 Å². The Morgan fingerprint density at radius 1 is 0.435 bits per heavy atom. The summed E-state index contributed by atoms with van der Waals surface area (Å²) in [7, 11) is 0. The van der Waals surface area contributed by atoms with Gasteiger partial charge in [0.25, 0.3) is 0 Å². The van der Waals surface area contributed by atoms with Gasteiger partial charge in [-0.05, 0) is 70.8 Å². The van der Waals surface area contributed by atoms with Crippen LogP contribution in [0.1, 0.15) is 96.3 Å². The van der Waals surface area contributed by atoms with Gasteiger partial charge in [0.15, 0.2) is 0 Å². The molecule has 5 atom stereocenters. The van der Waals surface area contributed by atoms with Crippen LogP contribution < -0.4 is 55.7 Å². The lowest BCUT2D eigenvalue weighted by molar-refractivity contribution is -0.137. The molecule has 0 aliphatic heterocycles. The van der Waals surface area contributed by atoms with E-state index in [1.54, 1.807) is 0 Å². The van der Waals surface area contributed by atoms with Gasteiger partial charge in [0.2, 0.25) is 23.6 Å². The van der Waals surface area contributed by atoms with Gasteiger partial charge in [-0.25, -0.2) is 0 Å². The molecule has 0 aliphatic rings. The topological polar surface area (TPSA) is 310 Å². The quantitative estimate of drug-likeness (QED) is 0.0388. The number of rotatable bonds is 29. The van der Waals surface area contributed by atoms with E-state index in [9.17, 15) is 24.0 Å². The summed E-state index contributed by atoms with van der Waals surface area (Å²) in [6, 6.07) is -1.62. The number of nitrogens with two attached hydrogens (primary N) is 6. The molecule has 4 amide bonds. The van der Waals surface area contributed by atoms with E-state index in [-0.39, 0.29) is 79.9 Å². The second-order valence-electron chi connectivity index (χ2n) is 12.1. The average Bonchev–Trinajstić information content (AvgIpc) is 2.96. The summed E-state index contributed by atoms with van der Waals surface area (Å²) in [5.74, 6) is -1.54. The third-order valence-electron chi connectivity index (χ3n) is 7.30. The summed E-state index contributed by atoms with van der Waals surface area (Å²) in [6.45, 7) is 2.30. The number of aliphatic carboxylic acids is 1. The molecule has 16 heteroatoms. The standard InChI is InChI=1S/C30H62N10O6/c31-11-1-6-21(32)16-26(41)37-12-2-7-22(33)17-27(42)38-13-3-8-23(34)18-28(43)39-14-4-9-24(35)19-29(44)40-15-5-10-25(36)20-30(45)46/h21-25H,1-20,31-36H2,(H,37,41)(H,38,42)(H,39,43)(H,40,44)(H,45,46)/t21-,22-,23-,24-,25-/m0/s1. The second kappa shape index (κ2) is 27.2. The Morgan fingerprint density at radius 2 is 0.674 bits per heavy atom. The lowest BCUT2D eigenvalue weighted by Crippen LogP contribution is -2.35. The van der Waals surface area contributed by atoms with Gasteiger partial charge in [-0.3, -0.25) is 24.0 Å². The Hall–Kier alpha value is -2.89. The van der Waals surface area contributed by atoms with Gasteiger partial charge in [-0.15, -0.1) is 0 Å². The van der Waals surface area contributed by atoms with Crippen LogP contribution in [0.25, 0.3) is 0 Å². The molecule has 0 bridgehead atoms. The Balaban J connectivity index is 3.82. The van der Waals surface area contributed by atoms with Crippen LogP contribution in [0.2, 0.25) is 0 Å². The van der Waals surface area contributed by atoms with Gasteiger partial charge in [-0.2, -0.15) is 0 Å². The molecular weight excluding hydrogens is 596 g/mol. The number of hydrogen-bond acceptors (Lipinski definition) is 11. The molecule has 0 spiro atoms. The number of nitrogens with one attached hydrogen (secondary N) is 4. The van der Waals surface area contributed by atoms with Gasteiger partial charge >= 0.3 is 5.97 Å². The molecule has 0 aromatic heterocycles. The fourth-order valence-corrected chi connectivity index (χ4v) is 4.72. The molecule has 268 valence electrons. The number of hydrogen-bond donors (Lipinski definition) is 11. The third kappa shape index (κ3) is 27.4. The summed E-state index contributed by atoms with van der Waals surface area (Å²) < 4.78 is 0. The minimum atomic E-state index is -0.942. The molecule has 0 heterocycles. The molecule has 16 nitrogen and oxygen atoms in total. The zero-order valence-electron chi connectivity index (χ0n) is 27.5. The molecule has 0 unspecified atom stereocenters. The van der Waals surface area contributed by atoms with Crippen molar-refractivity contribution in [1.82, 2.24) is 21.3 Å². The zero-order valence-corrected chi connectivity index (χ0v) is 27.5. The highest BCUT2D eigenvalue weighted by atomic mass is 16.4. The van der Waals surface area contributed by atoms with Crippen molar-refractivity contribution in [3.8, 4) is 0 Å². The first-order valence-electron chi connectivity index (χ1n) is 16.6. The highest BCUT2D eigenvalue weighted by molar-refractivity contribution is 5.77. The highest BCUT2D eigenvalue weighted by Gasteiger charge is 2.14. The number of carbonyl (C=O) groups is 5. The normalized spacial score (nSPS) is 14.4. The third-order valence-corrected chi connectivity index (χ3v) is 7.30. The first-order valence-corrected chi connectivity index (χ1v) is 16.6. The minimum absolute atomic E-state index is 0.0989. The maximum absolute atomic E-state index is 12.2. The van der Waals surface area contributed by atoms with Gasteiger partial charge < -0.3 is 60.8 Å². The molecule has 0 fully saturated rings. The van der Waals surface area contributed by atoms with Crippen molar-refractivity contribution in [2.24, 2.45) is 34.4 Å². The summed E-state index contributed by atoms with van der Waals surface area (Å²) in [5.41, 5.74) is 35.2. The van der Waals surface area contributed by atoms with E-state index in [1.807, 2.05) is 0 Å². The van der Waals surface area contributed by atoms with Gasteiger partial charge in [0.1, 0.15) is 0 Å². The monoisotopic (exact) mass is 658 g/mol. The minimum Gasteiger partial charge on any atom is -0.481 e. The molecule has 0 radical (unpaired) electrons. The van der Waals surface area contributed by atoms with Crippen LogP contribution >= 0.6 is 0 Å². The predicted molar refractivity (Wildman–Crippen MR) is 178 cm³/mol. The van der Waals surface area contributed by atoms with Gasteiger partial charge in [-0.1, -0.05) is 0 Å². The summed E-state index contributed by atoms with van der Waals surface area (Å²) in [6.07, 6.45) is 6.92. The lowest BCUT2D eigenvalue weighted by atomic mass is 10.1. The van der Waals surface area contributed by atoms with Crippen LogP contribution in [0.4, 0.5) is 0 Å². The van der Waals surface area contributed by atoms with E-state index in [1.165, 1.54) is 0 Å². The first-order chi connectivity index (χ1) is 21.8. The van der Waals surface area contributed by atoms with Crippen LogP contribution in [-0.2, 0) is 24.0 Å². The molecular formula is C30H62N10O6. The van der Waals surface area contributed by atoms with Crippen molar-refractivity contribution in [3.63, 3.8) is 0 Å². The molecule has 0 saturated carbocycles. The van der Waals surface area contributed by atoms with Crippen LogP contribution in [0.3, 0.4) is 0 Å². The average molecular weight is 659 g/mol. The fourth-order valence-electron chi connectivity index (χ4n) is 4.72. The van der Waals surface area contributed by atoms with Crippen molar-refractivity contribution in [3.05, 3.63) is 0 Å². The molecule has 0 rings (SSSR count). The van der Waals surface area contributed by atoms with E-state index in [0.29, 0.717) is 90.5 Å². The Bertz CT molecular complexity index is 881. The maximum Gasteiger partial charge on any atom is 0.304 e. The molecule has 0 aromatic carbocycles. The summed E-state index contributed by atoms with van der Waals surface area (Å²) >= 11 is 0. The number of carbonyl (C=O) groups excluding carboxylic acids is 4. The fraction of sp³-hybridized carbons (Fsp3) is 0.833. The Morgan fingerprint density at radius 3 is 0.913 bits per heavy atom. The Kier molecular flexibility index (Phi) is 25.5. The van der Waals surface area contributed by atoms with Gasteiger partial charge in [0, 0.05) is 82.1 Å². The van der Waals surface area contributed by atoms with E-state index in [4.69, 9.17) is 39.5 Å². The SMILES string of the molecule is NCCC[C@H](N)CC(=O)NCCC[C@H](N)CC(=O)NCCC[C@H](N)CC(=O)NCCC[C@H](N)CC(=O)NCCC[C@H](N)CC(=O)O. The molecule has 46 heavy (non-hydrogen) atoms. The molecule has 0 aliphatic carbocycles. The second-order valence-corrected chi connectivity index (χ2v) is 12.1. The maximum atomic E-state index is 12.2.